The lowest BCUT2D eigenvalue weighted by atomic mass is 10.2. The monoisotopic (exact) mass is 261 g/mol. The van der Waals surface area contributed by atoms with Crippen LogP contribution < -0.4 is 4.90 Å². The van der Waals surface area contributed by atoms with Crippen LogP contribution in [-0.2, 0) is 9.53 Å². The predicted molar refractivity (Wildman–Crippen MR) is 61.1 cm³/mol. The number of benzene rings is 1. The molecular weight excluding hydrogens is 247 g/mol. The summed E-state index contributed by atoms with van der Waals surface area (Å²) in [4.78, 5) is 12.6. The van der Waals surface area contributed by atoms with Crippen LogP contribution in [0.5, 0.6) is 0 Å². The van der Waals surface area contributed by atoms with Gasteiger partial charge in [-0.2, -0.15) is 13.2 Å². The van der Waals surface area contributed by atoms with Crippen LogP contribution in [0, 0.1) is 0 Å². The average Bonchev–Trinajstić information content (AvgIpc) is 2.28. The molecule has 1 aromatic rings. The molecule has 0 atom stereocenters. The van der Waals surface area contributed by atoms with Gasteiger partial charge in [0.15, 0.2) is 0 Å². The number of carbonyl (C=O) groups excluding carboxylic acids is 1. The molecule has 0 spiro atoms. The van der Waals surface area contributed by atoms with E-state index in [-0.39, 0.29) is 6.73 Å². The van der Waals surface area contributed by atoms with Gasteiger partial charge in [0.25, 0.3) is 0 Å². The van der Waals surface area contributed by atoms with E-state index >= 15 is 0 Å². The standard InChI is InChI=1S/C12H14F3NO2/c1-2-18-9-16(10-6-4-3-5-7-10)11(17)8-12(13,14)15/h3-7H,2,8-9H2,1H3. The van der Waals surface area contributed by atoms with Crippen molar-refractivity contribution in [1.82, 2.24) is 0 Å². The van der Waals surface area contributed by atoms with Crippen LogP contribution in [0.15, 0.2) is 30.3 Å². The van der Waals surface area contributed by atoms with Crippen LogP contribution in [0.25, 0.3) is 0 Å². The van der Waals surface area contributed by atoms with E-state index in [1.807, 2.05) is 0 Å². The third-order valence-electron chi connectivity index (χ3n) is 2.15. The zero-order valence-electron chi connectivity index (χ0n) is 9.91. The van der Waals surface area contributed by atoms with Gasteiger partial charge in [0.05, 0.1) is 0 Å². The summed E-state index contributed by atoms with van der Waals surface area (Å²) in [7, 11) is 0. The highest BCUT2D eigenvalue weighted by atomic mass is 19.4. The molecule has 3 nitrogen and oxygen atoms in total. The van der Waals surface area contributed by atoms with E-state index in [9.17, 15) is 18.0 Å². The number of anilines is 1. The van der Waals surface area contributed by atoms with Gasteiger partial charge in [-0.25, -0.2) is 0 Å². The molecule has 0 N–H and O–H groups in total. The number of hydrogen-bond donors (Lipinski definition) is 0. The molecule has 1 rings (SSSR count). The van der Waals surface area contributed by atoms with Crippen molar-refractivity contribution in [2.75, 3.05) is 18.2 Å². The van der Waals surface area contributed by atoms with Crippen LogP contribution in [0.4, 0.5) is 18.9 Å². The molecule has 1 aromatic carbocycles. The van der Waals surface area contributed by atoms with E-state index < -0.39 is 18.5 Å². The number of carbonyl (C=O) groups is 1. The van der Waals surface area contributed by atoms with E-state index in [1.165, 1.54) is 0 Å². The lowest BCUT2D eigenvalue weighted by Crippen LogP contribution is -2.36. The minimum Gasteiger partial charge on any atom is -0.361 e. The van der Waals surface area contributed by atoms with Crippen molar-refractivity contribution in [3.8, 4) is 0 Å². The molecule has 0 fully saturated rings. The van der Waals surface area contributed by atoms with Crippen molar-refractivity contribution < 1.29 is 22.7 Å². The maximum Gasteiger partial charge on any atom is 0.397 e. The van der Waals surface area contributed by atoms with Gasteiger partial charge in [-0.1, -0.05) is 18.2 Å². The summed E-state index contributed by atoms with van der Waals surface area (Å²) in [5.74, 6) is -1.03. The summed E-state index contributed by atoms with van der Waals surface area (Å²) >= 11 is 0. The number of ether oxygens (including phenoxy) is 1. The summed E-state index contributed by atoms with van der Waals surface area (Å²) in [6.07, 6.45) is -6.01. The average molecular weight is 261 g/mol. The Morgan fingerprint density at radius 1 is 1.28 bits per heavy atom. The first-order chi connectivity index (χ1) is 8.44. The van der Waals surface area contributed by atoms with Crippen molar-refractivity contribution in [3.63, 3.8) is 0 Å². The smallest absolute Gasteiger partial charge is 0.361 e. The number of rotatable bonds is 5. The van der Waals surface area contributed by atoms with E-state index in [0.717, 1.165) is 4.90 Å². The van der Waals surface area contributed by atoms with Crippen molar-refractivity contribution in [3.05, 3.63) is 30.3 Å². The fourth-order valence-electron chi connectivity index (χ4n) is 1.35. The normalized spacial score (nSPS) is 11.3. The molecule has 18 heavy (non-hydrogen) atoms. The van der Waals surface area contributed by atoms with Crippen LogP contribution in [0.3, 0.4) is 0 Å². The molecule has 0 bridgehead atoms. The first-order valence-electron chi connectivity index (χ1n) is 5.44. The number of halogens is 3. The van der Waals surface area contributed by atoms with Gasteiger partial charge >= 0.3 is 6.18 Å². The second-order valence-corrected chi connectivity index (χ2v) is 3.57. The van der Waals surface area contributed by atoms with Crippen molar-refractivity contribution in [1.29, 1.82) is 0 Å². The predicted octanol–water partition coefficient (Wildman–Crippen LogP) is 2.97. The number of para-hydroxylation sites is 1. The first-order valence-corrected chi connectivity index (χ1v) is 5.44. The molecule has 0 aliphatic heterocycles. The van der Waals surface area contributed by atoms with E-state index in [0.29, 0.717) is 12.3 Å². The Hall–Kier alpha value is -1.56. The van der Waals surface area contributed by atoms with Crippen LogP contribution >= 0.6 is 0 Å². The van der Waals surface area contributed by atoms with E-state index in [1.54, 1.807) is 37.3 Å². The van der Waals surface area contributed by atoms with Crippen LogP contribution in [0.2, 0.25) is 0 Å². The second kappa shape index (κ2) is 6.39. The fraction of sp³-hybridized carbons (Fsp3) is 0.417. The minimum absolute atomic E-state index is 0.185. The summed E-state index contributed by atoms with van der Waals surface area (Å²) in [5, 5.41) is 0. The maximum atomic E-state index is 12.2. The van der Waals surface area contributed by atoms with E-state index in [2.05, 4.69) is 0 Å². The molecule has 0 aliphatic rings. The minimum atomic E-state index is -4.52. The molecule has 6 heteroatoms. The molecular formula is C12H14F3NO2. The van der Waals surface area contributed by atoms with Crippen LogP contribution in [-0.4, -0.2) is 25.4 Å². The maximum absolute atomic E-state index is 12.2. The zero-order chi connectivity index (χ0) is 13.6. The van der Waals surface area contributed by atoms with Gasteiger partial charge < -0.3 is 4.74 Å². The van der Waals surface area contributed by atoms with Gasteiger partial charge in [-0.15, -0.1) is 0 Å². The lowest BCUT2D eigenvalue weighted by molar-refractivity contribution is -0.152. The highest BCUT2D eigenvalue weighted by molar-refractivity contribution is 5.93. The summed E-state index contributed by atoms with van der Waals surface area (Å²) in [6.45, 7) is 1.84. The number of nitrogens with zero attached hydrogens (tertiary/aromatic N) is 1. The Labute approximate surface area is 103 Å². The molecule has 0 unspecified atom stereocenters. The van der Waals surface area contributed by atoms with Gasteiger partial charge in [0.1, 0.15) is 13.2 Å². The van der Waals surface area contributed by atoms with Gasteiger partial charge in [-0.05, 0) is 19.1 Å². The molecule has 0 saturated heterocycles. The number of amides is 1. The SMILES string of the molecule is CCOCN(C(=O)CC(F)(F)F)c1ccccc1. The van der Waals surface area contributed by atoms with Crippen molar-refractivity contribution >= 4 is 11.6 Å². The topological polar surface area (TPSA) is 29.5 Å². The van der Waals surface area contributed by atoms with Gasteiger partial charge in [0, 0.05) is 12.3 Å². The Morgan fingerprint density at radius 3 is 2.39 bits per heavy atom. The molecule has 100 valence electrons. The largest absolute Gasteiger partial charge is 0.397 e. The molecule has 0 aromatic heterocycles. The van der Waals surface area contributed by atoms with Crippen molar-refractivity contribution in [2.24, 2.45) is 0 Å². The number of hydrogen-bond acceptors (Lipinski definition) is 2. The van der Waals surface area contributed by atoms with Gasteiger partial charge in [0.2, 0.25) is 5.91 Å². The zero-order valence-corrected chi connectivity index (χ0v) is 9.91. The molecule has 0 saturated carbocycles. The first kappa shape index (κ1) is 14.5. The quantitative estimate of drug-likeness (QED) is 0.763. The fourth-order valence-corrected chi connectivity index (χ4v) is 1.35. The summed E-state index contributed by atoms with van der Waals surface area (Å²) in [6, 6.07) is 8.14. The Balaban J connectivity index is 2.82. The Morgan fingerprint density at radius 2 is 1.89 bits per heavy atom. The second-order valence-electron chi connectivity index (χ2n) is 3.57. The Kier molecular flexibility index (Phi) is 5.15. The van der Waals surface area contributed by atoms with Gasteiger partial charge in [-0.3, -0.25) is 9.69 Å². The number of alkyl halides is 3. The summed E-state index contributed by atoms with van der Waals surface area (Å²) < 4.78 is 41.7. The Bertz CT molecular complexity index is 379. The molecule has 0 heterocycles. The molecule has 1 amide bonds. The molecule has 0 aliphatic carbocycles. The highest BCUT2D eigenvalue weighted by Gasteiger charge is 2.33. The third-order valence-corrected chi connectivity index (χ3v) is 2.15. The third kappa shape index (κ3) is 4.75. The van der Waals surface area contributed by atoms with Crippen LogP contribution in [0.1, 0.15) is 13.3 Å². The lowest BCUT2D eigenvalue weighted by Gasteiger charge is -2.23. The molecule has 0 radical (unpaired) electrons. The summed E-state index contributed by atoms with van der Waals surface area (Å²) in [5.41, 5.74) is 0.389. The van der Waals surface area contributed by atoms with E-state index in [4.69, 9.17) is 4.74 Å². The highest BCUT2D eigenvalue weighted by Crippen LogP contribution is 2.23. The van der Waals surface area contributed by atoms with Crippen molar-refractivity contribution in [2.45, 2.75) is 19.5 Å².